The summed E-state index contributed by atoms with van der Waals surface area (Å²) < 4.78 is 21.8. The highest BCUT2D eigenvalue weighted by Gasteiger charge is 2.47. The van der Waals surface area contributed by atoms with Crippen LogP contribution in [0.5, 0.6) is 11.5 Å². The molecule has 0 N–H and O–H groups in total. The van der Waals surface area contributed by atoms with E-state index in [4.69, 9.17) is 18.9 Å². The molecule has 0 bridgehead atoms. The average Bonchev–Trinajstić information content (AvgIpc) is 3.20. The number of rotatable bonds is 4. The highest BCUT2D eigenvalue weighted by atomic mass is 16.6. The number of ether oxygens (including phenoxy) is 4. The Labute approximate surface area is 136 Å². The molecule has 2 heterocycles. The lowest BCUT2D eigenvalue weighted by atomic mass is 9.98. The molecule has 6 heteroatoms. The van der Waals surface area contributed by atoms with E-state index in [0.717, 1.165) is 12.8 Å². The van der Waals surface area contributed by atoms with Crippen LogP contribution in [0.3, 0.4) is 0 Å². The van der Waals surface area contributed by atoms with Gasteiger partial charge in [-0.25, -0.2) is 0 Å². The molecule has 0 saturated carbocycles. The third kappa shape index (κ3) is 3.01. The van der Waals surface area contributed by atoms with Gasteiger partial charge in [0.2, 0.25) is 0 Å². The molecular weight excluding hydrogens is 298 g/mol. The maximum atomic E-state index is 12.8. The van der Waals surface area contributed by atoms with Crippen LogP contribution in [0, 0.1) is 0 Å². The van der Waals surface area contributed by atoms with Crippen molar-refractivity contribution in [3.05, 3.63) is 23.8 Å². The fraction of sp³-hybridized carbons (Fsp3) is 0.588. The lowest BCUT2D eigenvalue weighted by Gasteiger charge is -2.23. The third-order valence-corrected chi connectivity index (χ3v) is 4.75. The number of carbonyl (C=O) groups excluding carboxylic acids is 1. The first-order chi connectivity index (χ1) is 11.1. The van der Waals surface area contributed by atoms with Crippen LogP contribution in [0.25, 0.3) is 0 Å². The Balaban J connectivity index is 1.75. The van der Waals surface area contributed by atoms with E-state index in [0.29, 0.717) is 36.8 Å². The van der Waals surface area contributed by atoms with E-state index in [2.05, 4.69) is 0 Å². The first-order valence-corrected chi connectivity index (χ1v) is 7.79. The van der Waals surface area contributed by atoms with E-state index in [1.54, 1.807) is 39.5 Å². The Morgan fingerprint density at radius 1 is 1.30 bits per heavy atom. The van der Waals surface area contributed by atoms with Crippen molar-refractivity contribution in [1.82, 2.24) is 4.90 Å². The topological polar surface area (TPSA) is 57.2 Å². The molecule has 126 valence electrons. The van der Waals surface area contributed by atoms with Crippen molar-refractivity contribution in [1.29, 1.82) is 0 Å². The summed E-state index contributed by atoms with van der Waals surface area (Å²) in [6.45, 7) is 1.88. The zero-order chi connectivity index (χ0) is 16.4. The van der Waals surface area contributed by atoms with Crippen molar-refractivity contribution >= 4 is 5.91 Å². The van der Waals surface area contributed by atoms with Gasteiger partial charge in [-0.1, -0.05) is 0 Å². The van der Waals surface area contributed by atoms with Gasteiger partial charge >= 0.3 is 0 Å². The van der Waals surface area contributed by atoms with Gasteiger partial charge in [0.1, 0.15) is 11.5 Å². The number of carbonyl (C=O) groups is 1. The molecule has 6 nitrogen and oxygen atoms in total. The molecule has 1 spiro atoms. The summed E-state index contributed by atoms with van der Waals surface area (Å²) in [4.78, 5) is 14.7. The molecule has 3 rings (SSSR count). The summed E-state index contributed by atoms with van der Waals surface area (Å²) in [5, 5.41) is 0. The minimum atomic E-state index is -0.254. The van der Waals surface area contributed by atoms with Crippen molar-refractivity contribution in [3.8, 4) is 11.5 Å². The van der Waals surface area contributed by atoms with Gasteiger partial charge in [-0.3, -0.25) is 4.79 Å². The van der Waals surface area contributed by atoms with Crippen LogP contribution in [0.4, 0.5) is 0 Å². The Hall–Kier alpha value is -1.79. The predicted molar refractivity (Wildman–Crippen MR) is 84.2 cm³/mol. The largest absolute Gasteiger partial charge is 0.497 e. The van der Waals surface area contributed by atoms with Crippen molar-refractivity contribution in [2.24, 2.45) is 0 Å². The van der Waals surface area contributed by atoms with Crippen LogP contribution in [-0.4, -0.2) is 63.5 Å². The normalized spacial score (nSPS) is 26.7. The van der Waals surface area contributed by atoms with Crippen LogP contribution < -0.4 is 9.47 Å². The number of methoxy groups -OCH3 is 3. The van der Waals surface area contributed by atoms with E-state index < -0.39 is 0 Å². The molecular formula is C17H23NO5. The predicted octanol–water partition coefficient (Wildman–Crippen LogP) is 1.72. The van der Waals surface area contributed by atoms with Gasteiger partial charge < -0.3 is 23.8 Å². The first-order valence-electron chi connectivity index (χ1n) is 7.79. The fourth-order valence-corrected chi connectivity index (χ4v) is 3.40. The zero-order valence-electron chi connectivity index (χ0n) is 13.8. The molecule has 2 atom stereocenters. The van der Waals surface area contributed by atoms with E-state index in [1.165, 1.54) is 0 Å². The van der Waals surface area contributed by atoms with Gasteiger partial charge in [0.15, 0.2) is 0 Å². The molecule has 1 amide bonds. The summed E-state index contributed by atoms with van der Waals surface area (Å²) >= 11 is 0. The smallest absolute Gasteiger partial charge is 0.257 e. The molecule has 0 radical (unpaired) electrons. The van der Waals surface area contributed by atoms with Crippen molar-refractivity contribution in [2.45, 2.75) is 24.5 Å². The maximum Gasteiger partial charge on any atom is 0.257 e. The molecule has 0 unspecified atom stereocenters. The second-order valence-electron chi connectivity index (χ2n) is 6.10. The van der Waals surface area contributed by atoms with Crippen molar-refractivity contribution in [2.75, 3.05) is 41.0 Å². The minimum absolute atomic E-state index is 0.0363. The Kier molecular flexibility index (Phi) is 4.46. The molecule has 1 aromatic carbocycles. The molecule has 23 heavy (non-hydrogen) atoms. The summed E-state index contributed by atoms with van der Waals surface area (Å²) in [7, 11) is 4.84. The third-order valence-electron chi connectivity index (χ3n) is 4.75. The highest BCUT2D eigenvalue weighted by Crippen LogP contribution is 2.37. The highest BCUT2D eigenvalue weighted by molar-refractivity contribution is 5.97. The van der Waals surface area contributed by atoms with Gasteiger partial charge in [0.25, 0.3) is 5.91 Å². The number of nitrogens with zero attached hydrogens (tertiary/aromatic N) is 1. The molecule has 2 saturated heterocycles. The summed E-state index contributed by atoms with van der Waals surface area (Å²) in [6, 6.07) is 5.25. The van der Waals surface area contributed by atoms with E-state index in [1.807, 2.05) is 4.90 Å². The van der Waals surface area contributed by atoms with Gasteiger partial charge in [-0.2, -0.15) is 0 Å². The average molecular weight is 321 g/mol. The second kappa shape index (κ2) is 6.37. The van der Waals surface area contributed by atoms with E-state index in [-0.39, 0.29) is 17.6 Å². The molecule has 2 aliphatic heterocycles. The standard InChI is InChI=1S/C17H23NO5/c1-20-12-4-5-14(15(8-12)22-3)16(19)18-7-6-17(11-18)9-13(21-2)10-23-17/h4-5,8,13H,6-7,9-11H2,1-3H3/t13-,17+/m1/s1. The molecule has 0 aromatic heterocycles. The molecule has 0 aliphatic carbocycles. The molecule has 2 fully saturated rings. The Morgan fingerprint density at radius 2 is 2.13 bits per heavy atom. The van der Waals surface area contributed by atoms with Crippen LogP contribution in [0.1, 0.15) is 23.2 Å². The monoisotopic (exact) mass is 321 g/mol. The second-order valence-corrected chi connectivity index (χ2v) is 6.10. The molecule has 2 aliphatic rings. The van der Waals surface area contributed by atoms with Crippen LogP contribution >= 0.6 is 0 Å². The zero-order valence-corrected chi connectivity index (χ0v) is 13.8. The number of hydrogen-bond acceptors (Lipinski definition) is 5. The Morgan fingerprint density at radius 3 is 2.78 bits per heavy atom. The van der Waals surface area contributed by atoms with Crippen LogP contribution in [0.2, 0.25) is 0 Å². The van der Waals surface area contributed by atoms with Gasteiger partial charge in [0, 0.05) is 26.1 Å². The van der Waals surface area contributed by atoms with Gasteiger partial charge in [-0.15, -0.1) is 0 Å². The van der Waals surface area contributed by atoms with Crippen LogP contribution in [0.15, 0.2) is 18.2 Å². The van der Waals surface area contributed by atoms with E-state index in [9.17, 15) is 4.79 Å². The summed E-state index contributed by atoms with van der Waals surface area (Å²) in [5.41, 5.74) is 0.294. The summed E-state index contributed by atoms with van der Waals surface area (Å²) in [5.74, 6) is 1.15. The quantitative estimate of drug-likeness (QED) is 0.845. The minimum Gasteiger partial charge on any atom is -0.497 e. The number of amides is 1. The number of hydrogen-bond donors (Lipinski definition) is 0. The maximum absolute atomic E-state index is 12.8. The van der Waals surface area contributed by atoms with Gasteiger partial charge in [0.05, 0.1) is 44.6 Å². The number of benzene rings is 1. The van der Waals surface area contributed by atoms with Crippen molar-refractivity contribution < 1.29 is 23.7 Å². The fourth-order valence-electron chi connectivity index (χ4n) is 3.40. The Bertz CT molecular complexity index is 590. The number of likely N-dealkylation sites (tertiary alicyclic amines) is 1. The first kappa shape index (κ1) is 16.1. The molecule has 1 aromatic rings. The van der Waals surface area contributed by atoms with Crippen molar-refractivity contribution in [3.63, 3.8) is 0 Å². The van der Waals surface area contributed by atoms with Gasteiger partial charge in [-0.05, 0) is 18.6 Å². The lowest BCUT2D eigenvalue weighted by Crippen LogP contribution is -2.36. The summed E-state index contributed by atoms with van der Waals surface area (Å²) in [6.07, 6.45) is 1.81. The van der Waals surface area contributed by atoms with E-state index >= 15 is 0 Å². The SMILES string of the molecule is COc1ccc(C(=O)N2CC[C@]3(C[C@@H](OC)CO3)C2)c(OC)c1. The lowest BCUT2D eigenvalue weighted by molar-refractivity contribution is 0.00699. The van der Waals surface area contributed by atoms with Crippen LogP contribution in [-0.2, 0) is 9.47 Å².